The molecule has 6 aromatic rings. The molecule has 0 aliphatic rings. The van der Waals surface area contributed by atoms with Crippen LogP contribution < -0.4 is 22.2 Å². The first-order valence-electron chi connectivity index (χ1n) is 17.7. The molecule has 2 aromatic carbocycles. The van der Waals surface area contributed by atoms with Crippen molar-refractivity contribution in [3.8, 4) is 0 Å². The topological polar surface area (TPSA) is 191 Å². The number of nitrogens with one attached hydrogen (secondary N) is 3. The third kappa shape index (κ3) is 11.8. The first kappa shape index (κ1) is 43.0. The summed E-state index contributed by atoms with van der Waals surface area (Å²) in [6, 6.07) is 26.6. The molecular weight excluding hydrogens is 697 g/mol. The highest BCUT2D eigenvalue weighted by Crippen LogP contribution is 2.21. The van der Waals surface area contributed by atoms with Gasteiger partial charge in [0.05, 0.1) is 23.8 Å². The number of pyridine rings is 2. The Labute approximate surface area is 320 Å². The van der Waals surface area contributed by atoms with E-state index in [1.54, 1.807) is 6.20 Å². The molecule has 5 N–H and O–H groups in total. The summed E-state index contributed by atoms with van der Waals surface area (Å²) in [5.41, 5.74) is 14.8. The fraction of sp³-hybridized carbons (Fsp3) is 0.286. The molecule has 6 rings (SSSR count). The number of nitrogens with two attached hydrogens (primary N) is 1. The van der Waals surface area contributed by atoms with E-state index in [4.69, 9.17) is 15.3 Å². The van der Waals surface area contributed by atoms with Crippen molar-refractivity contribution >= 4 is 12.1 Å². The number of rotatable bonds is 8. The number of amides is 1. The predicted molar refractivity (Wildman–Crippen MR) is 212 cm³/mol. The van der Waals surface area contributed by atoms with Crippen LogP contribution in [0.4, 0.5) is 0 Å². The number of H-pyrrole nitrogens is 2. The van der Waals surface area contributed by atoms with Crippen molar-refractivity contribution in [1.29, 1.82) is 0 Å². The molecule has 0 aliphatic carbocycles. The van der Waals surface area contributed by atoms with Gasteiger partial charge in [-0.05, 0) is 95.8 Å². The van der Waals surface area contributed by atoms with Crippen LogP contribution in [0.1, 0.15) is 92.4 Å². The highest BCUT2D eigenvalue weighted by atomic mass is 16.2. The first-order chi connectivity index (χ1) is 26.2. The third-order valence-corrected chi connectivity index (χ3v) is 9.07. The second-order valence-corrected chi connectivity index (χ2v) is 13.0. The van der Waals surface area contributed by atoms with Crippen LogP contribution >= 0.6 is 0 Å². The van der Waals surface area contributed by atoms with Crippen molar-refractivity contribution in [3.63, 3.8) is 0 Å². The molecule has 0 fully saturated rings. The number of aromatic amines is 2. The Morgan fingerprint density at radius 2 is 1.22 bits per heavy atom. The van der Waals surface area contributed by atoms with Gasteiger partial charge in [-0.3, -0.25) is 23.7 Å². The summed E-state index contributed by atoms with van der Waals surface area (Å²) in [5, 5.41) is 11.5. The minimum absolute atomic E-state index is 0.0231. The van der Waals surface area contributed by atoms with Crippen molar-refractivity contribution in [2.75, 3.05) is 0 Å². The van der Waals surface area contributed by atoms with Gasteiger partial charge in [0.2, 0.25) is 0 Å². The van der Waals surface area contributed by atoms with E-state index in [0.29, 0.717) is 29.3 Å². The SMILES string of the molecule is Cc1cc(C)c(CN)c(=O)[nH]1.Cc1cc(C)c(CNC(=O)c2cnn(C(C)c3ccccc3)c2C)c(=O)[nH]1.Cc1ccnn1C(C)c1ccccc1.O=C=O. The first-order valence-corrected chi connectivity index (χ1v) is 17.7. The molecule has 4 aromatic heterocycles. The third-order valence-electron chi connectivity index (χ3n) is 9.07. The van der Waals surface area contributed by atoms with E-state index >= 15 is 0 Å². The molecule has 2 unspecified atom stereocenters. The van der Waals surface area contributed by atoms with E-state index in [0.717, 1.165) is 33.8 Å². The van der Waals surface area contributed by atoms with Crippen LogP contribution in [0.25, 0.3) is 0 Å². The maximum atomic E-state index is 12.6. The summed E-state index contributed by atoms with van der Waals surface area (Å²) in [4.78, 5) is 57.6. The molecule has 0 radical (unpaired) electrons. The molecule has 0 bridgehead atoms. The Morgan fingerprint density at radius 3 is 1.65 bits per heavy atom. The average Bonchev–Trinajstić information content (AvgIpc) is 3.76. The van der Waals surface area contributed by atoms with Gasteiger partial charge in [-0.25, -0.2) is 0 Å². The Hall–Kier alpha value is -6.43. The highest BCUT2D eigenvalue weighted by molar-refractivity contribution is 5.95. The standard InChI is InChI=1S/C21H24N4O2.C12H14N2.C8H12N2O.CO2/c1-13-10-14(2)24-21(27)18(13)11-22-20(26)19-12-23-25(16(19)4)15(3)17-8-6-5-7-9-17;1-10-8-9-13-14(10)11(2)12-6-4-3-5-7-12;1-5-3-6(2)10-8(11)7(5)4-9;2-1-3/h5-10,12,15H,11H2,1-4H3,(H,22,26)(H,24,27);3-9,11H,1-2H3;3H,4,9H2,1-2H3,(H,10,11);. The Balaban J connectivity index is 0.000000241. The van der Waals surface area contributed by atoms with Crippen molar-refractivity contribution in [3.05, 3.63) is 174 Å². The number of carbonyl (C=O) groups is 1. The molecule has 288 valence electrons. The van der Waals surface area contributed by atoms with Crippen LogP contribution in [-0.2, 0) is 22.7 Å². The van der Waals surface area contributed by atoms with Gasteiger partial charge < -0.3 is 21.0 Å². The number of carbonyl (C=O) groups excluding carboxylic acids is 3. The maximum absolute atomic E-state index is 12.6. The zero-order valence-corrected chi connectivity index (χ0v) is 32.6. The van der Waals surface area contributed by atoms with Gasteiger partial charge in [-0.1, -0.05) is 60.7 Å². The summed E-state index contributed by atoms with van der Waals surface area (Å²) in [7, 11) is 0. The number of hydrogen-bond donors (Lipinski definition) is 4. The van der Waals surface area contributed by atoms with Crippen molar-refractivity contribution in [1.82, 2.24) is 34.8 Å². The van der Waals surface area contributed by atoms with Crippen LogP contribution in [0.2, 0.25) is 0 Å². The lowest BCUT2D eigenvalue weighted by molar-refractivity contribution is -0.191. The zero-order valence-electron chi connectivity index (χ0n) is 32.6. The molecule has 0 saturated heterocycles. The largest absolute Gasteiger partial charge is 0.373 e. The molecule has 13 nitrogen and oxygen atoms in total. The molecule has 13 heteroatoms. The van der Waals surface area contributed by atoms with Crippen LogP contribution in [0.5, 0.6) is 0 Å². The normalized spacial score (nSPS) is 11.3. The lowest BCUT2D eigenvalue weighted by Crippen LogP contribution is -2.28. The number of aryl methyl sites for hydroxylation is 5. The monoisotopic (exact) mass is 746 g/mol. The zero-order chi connectivity index (χ0) is 40.7. The predicted octanol–water partition coefficient (Wildman–Crippen LogP) is 5.70. The Morgan fingerprint density at radius 1 is 0.745 bits per heavy atom. The Bertz CT molecular complexity index is 2300. The number of benzene rings is 2. The minimum atomic E-state index is -0.238. The molecule has 0 spiro atoms. The number of nitrogens with zero attached hydrogens (tertiary/aromatic N) is 4. The number of hydrogen-bond acceptors (Lipinski definition) is 8. The van der Waals surface area contributed by atoms with Crippen LogP contribution in [-0.4, -0.2) is 41.6 Å². The lowest BCUT2D eigenvalue weighted by Gasteiger charge is -2.15. The minimum Gasteiger partial charge on any atom is -0.348 e. The second-order valence-electron chi connectivity index (χ2n) is 13.0. The van der Waals surface area contributed by atoms with Gasteiger partial charge in [0.15, 0.2) is 0 Å². The van der Waals surface area contributed by atoms with E-state index in [-0.39, 0.29) is 35.8 Å². The quantitative estimate of drug-likeness (QED) is 0.152. The molecule has 0 saturated carbocycles. The molecule has 1 amide bonds. The summed E-state index contributed by atoms with van der Waals surface area (Å²) < 4.78 is 3.88. The van der Waals surface area contributed by atoms with Crippen LogP contribution in [0, 0.1) is 41.5 Å². The van der Waals surface area contributed by atoms with E-state index in [2.05, 4.69) is 63.6 Å². The van der Waals surface area contributed by atoms with Gasteiger partial charge in [-0.15, -0.1) is 0 Å². The molecule has 0 aliphatic heterocycles. The Kier molecular flexibility index (Phi) is 16.2. The fourth-order valence-electron chi connectivity index (χ4n) is 6.07. The summed E-state index contributed by atoms with van der Waals surface area (Å²) in [6.07, 6.45) is 3.67. The number of aromatic nitrogens is 6. The van der Waals surface area contributed by atoms with Gasteiger partial charge in [-0.2, -0.15) is 19.8 Å². The lowest BCUT2D eigenvalue weighted by atomic mass is 10.1. The van der Waals surface area contributed by atoms with Gasteiger partial charge >= 0.3 is 6.15 Å². The van der Waals surface area contributed by atoms with E-state index in [1.807, 2.05) is 112 Å². The summed E-state index contributed by atoms with van der Waals surface area (Å²) in [5.74, 6) is -0.238. The second kappa shape index (κ2) is 20.7. The van der Waals surface area contributed by atoms with E-state index in [9.17, 15) is 14.4 Å². The van der Waals surface area contributed by atoms with Gasteiger partial charge in [0, 0.05) is 53.2 Å². The van der Waals surface area contributed by atoms with Crippen molar-refractivity contribution in [2.24, 2.45) is 5.73 Å². The molecule has 4 heterocycles. The maximum Gasteiger partial charge on any atom is 0.373 e. The van der Waals surface area contributed by atoms with Gasteiger partial charge in [0.1, 0.15) is 0 Å². The van der Waals surface area contributed by atoms with Gasteiger partial charge in [0.25, 0.3) is 17.0 Å². The van der Waals surface area contributed by atoms with Crippen molar-refractivity contribution < 1.29 is 14.4 Å². The summed E-state index contributed by atoms with van der Waals surface area (Å²) in [6.45, 7) is 16.1. The smallest absolute Gasteiger partial charge is 0.348 e. The van der Waals surface area contributed by atoms with Crippen LogP contribution in [0.15, 0.2) is 101 Å². The van der Waals surface area contributed by atoms with Crippen LogP contribution in [0.3, 0.4) is 0 Å². The van der Waals surface area contributed by atoms with E-state index < -0.39 is 0 Å². The summed E-state index contributed by atoms with van der Waals surface area (Å²) >= 11 is 0. The van der Waals surface area contributed by atoms with E-state index in [1.165, 1.54) is 11.3 Å². The molecule has 2 atom stereocenters. The molecular formula is C42H50N8O5. The average molecular weight is 747 g/mol. The molecule has 55 heavy (non-hydrogen) atoms. The highest BCUT2D eigenvalue weighted by Gasteiger charge is 2.19. The fourth-order valence-corrected chi connectivity index (χ4v) is 6.07. The van der Waals surface area contributed by atoms with Crippen molar-refractivity contribution in [2.45, 2.75) is 80.6 Å².